The maximum absolute atomic E-state index is 12.7. The molecule has 4 rings (SSSR count). The molecular weight excluding hydrogens is 732 g/mol. The number of nitrogens with one attached hydrogen (secondary N) is 3. The lowest BCUT2D eigenvalue weighted by atomic mass is 10.00. The number of carboxylic acid groups (broad SMARTS) is 1. The molecular formula is C37H60N8O11. The second-order valence-electron chi connectivity index (χ2n) is 18.2. The Hall–Kier alpha value is -4.33. The monoisotopic (exact) mass is 792 g/mol. The minimum Gasteiger partial charge on any atom is -0.480 e. The number of carboxylic acids is 1. The fourth-order valence-electron chi connectivity index (χ4n) is 6.21. The van der Waals surface area contributed by atoms with Crippen LogP contribution in [-0.4, -0.2) is 126 Å². The summed E-state index contributed by atoms with van der Waals surface area (Å²) >= 11 is 0. The van der Waals surface area contributed by atoms with Gasteiger partial charge in [-0.05, 0) is 103 Å². The molecule has 2 saturated heterocycles. The summed E-state index contributed by atoms with van der Waals surface area (Å²) in [6.45, 7) is 23.9. The van der Waals surface area contributed by atoms with Gasteiger partial charge in [-0.3, -0.25) is 9.88 Å². The van der Waals surface area contributed by atoms with Gasteiger partial charge < -0.3 is 49.1 Å². The first-order valence-electron chi connectivity index (χ1n) is 18.7. The topological polar surface area (TPSA) is 227 Å². The number of carbonyl (C=O) groups excluding carboxylic acids is 3. The molecule has 0 aromatic carbocycles. The molecule has 2 aromatic rings. The van der Waals surface area contributed by atoms with Crippen LogP contribution in [0.4, 0.5) is 20.2 Å². The van der Waals surface area contributed by atoms with E-state index >= 15 is 0 Å². The van der Waals surface area contributed by atoms with E-state index in [1.54, 1.807) is 80.7 Å². The van der Waals surface area contributed by atoms with Crippen molar-refractivity contribution < 1.29 is 52.7 Å². The molecule has 314 valence electrons. The fourth-order valence-corrected chi connectivity index (χ4v) is 6.21. The second kappa shape index (κ2) is 16.6. The Kier molecular flexibility index (Phi) is 13.2. The maximum atomic E-state index is 12.7. The number of carbonyl (C=O) groups is 4. The number of fused-ring (bicyclic) bond motifs is 2. The van der Waals surface area contributed by atoms with Gasteiger partial charge in [0.05, 0.1) is 6.33 Å². The molecule has 5 atom stereocenters. The average molecular weight is 793 g/mol. The molecule has 4 heterocycles. The number of anilines is 1. The minimum atomic E-state index is -1.25. The molecule has 2 aliphatic rings. The number of imidazole rings is 1. The summed E-state index contributed by atoms with van der Waals surface area (Å²) in [5.74, 6) is -2.04. The van der Waals surface area contributed by atoms with Crippen LogP contribution in [0.1, 0.15) is 109 Å². The molecule has 0 bridgehead atoms. The van der Waals surface area contributed by atoms with E-state index in [9.17, 15) is 24.3 Å². The van der Waals surface area contributed by atoms with Crippen molar-refractivity contribution in [3.63, 3.8) is 0 Å². The summed E-state index contributed by atoms with van der Waals surface area (Å²) in [7, 11) is 0. The van der Waals surface area contributed by atoms with Crippen LogP contribution in [0.2, 0.25) is 0 Å². The lowest BCUT2D eigenvalue weighted by Gasteiger charge is -2.33. The predicted octanol–water partition coefficient (Wildman–Crippen LogP) is 4.95. The third-order valence-electron chi connectivity index (χ3n) is 8.43. The highest BCUT2D eigenvalue weighted by molar-refractivity contribution is 5.93. The molecule has 4 N–H and O–H groups in total. The smallest absolute Gasteiger partial charge is 0.413 e. The summed E-state index contributed by atoms with van der Waals surface area (Å²) in [5, 5.41) is 18.1. The van der Waals surface area contributed by atoms with E-state index in [4.69, 9.17) is 28.4 Å². The number of hydrogen-bond acceptors (Lipinski definition) is 14. The van der Waals surface area contributed by atoms with Gasteiger partial charge in [0, 0.05) is 25.2 Å². The molecule has 0 radical (unpaired) electrons. The van der Waals surface area contributed by atoms with E-state index in [1.807, 2.05) is 18.7 Å². The van der Waals surface area contributed by atoms with Crippen molar-refractivity contribution in [1.29, 1.82) is 0 Å². The van der Waals surface area contributed by atoms with Crippen molar-refractivity contribution in [1.82, 2.24) is 35.1 Å². The molecule has 2 fully saturated rings. The largest absolute Gasteiger partial charge is 0.480 e. The number of ether oxygens (including phenoxy) is 6. The van der Waals surface area contributed by atoms with Gasteiger partial charge in [0.15, 0.2) is 29.0 Å². The lowest BCUT2D eigenvalue weighted by Crippen LogP contribution is -2.49. The van der Waals surface area contributed by atoms with E-state index in [1.165, 1.54) is 12.7 Å². The fraction of sp³-hybridized carbons (Fsp3) is 0.757. The molecule has 2 aliphatic heterocycles. The van der Waals surface area contributed by atoms with Crippen molar-refractivity contribution in [2.45, 2.75) is 162 Å². The van der Waals surface area contributed by atoms with Crippen LogP contribution in [-0.2, 0) is 33.2 Å². The summed E-state index contributed by atoms with van der Waals surface area (Å²) in [4.78, 5) is 65.3. The molecule has 0 saturated carbocycles. The van der Waals surface area contributed by atoms with Crippen LogP contribution in [0.25, 0.3) is 11.2 Å². The number of hydrogen-bond donors (Lipinski definition) is 4. The highest BCUT2D eigenvalue weighted by Gasteiger charge is 2.56. The van der Waals surface area contributed by atoms with Crippen molar-refractivity contribution in [2.24, 2.45) is 0 Å². The Labute approximate surface area is 327 Å². The zero-order valence-electron chi connectivity index (χ0n) is 34.8. The summed E-state index contributed by atoms with van der Waals surface area (Å²) in [6.07, 6.45) is -1.37. The third-order valence-corrected chi connectivity index (χ3v) is 8.43. The number of aromatic nitrogens is 4. The van der Waals surface area contributed by atoms with Crippen molar-refractivity contribution in [3.05, 3.63) is 12.7 Å². The van der Waals surface area contributed by atoms with E-state index in [2.05, 4.69) is 30.9 Å². The quantitative estimate of drug-likeness (QED) is 0.197. The van der Waals surface area contributed by atoms with Gasteiger partial charge in [0.1, 0.15) is 47.5 Å². The zero-order valence-corrected chi connectivity index (χ0v) is 34.8. The first-order chi connectivity index (χ1) is 25.6. The highest BCUT2D eigenvalue weighted by Crippen LogP contribution is 2.44. The molecule has 19 heteroatoms. The number of rotatable bonds is 13. The number of amides is 3. The van der Waals surface area contributed by atoms with Crippen LogP contribution >= 0.6 is 0 Å². The van der Waals surface area contributed by atoms with E-state index in [-0.39, 0.29) is 25.3 Å². The highest BCUT2D eigenvalue weighted by atomic mass is 16.8. The first-order valence-corrected chi connectivity index (χ1v) is 18.7. The molecule has 56 heavy (non-hydrogen) atoms. The molecule has 0 aliphatic carbocycles. The van der Waals surface area contributed by atoms with Gasteiger partial charge in [0.25, 0.3) is 0 Å². The normalized spacial score (nSPS) is 21.7. The lowest BCUT2D eigenvalue weighted by molar-refractivity contribution is -0.198. The summed E-state index contributed by atoms with van der Waals surface area (Å²) in [6, 6.07) is -1.25. The van der Waals surface area contributed by atoms with Crippen LogP contribution < -0.4 is 16.0 Å². The van der Waals surface area contributed by atoms with Crippen molar-refractivity contribution in [3.8, 4) is 0 Å². The predicted molar refractivity (Wildman–Crippen MR) is 203 cm³/mol. The first kappa shape index (κ1) is 44.4. The number of nitrogens with zero attached hydrogens (tertiary/aromatic N) is 5. The Morgan fingerprint density at radius 2 is 1.45 bits per heavy atom. The van der Waals surface area contributed by atoms with Crippen LogP contribution in [0.3, 0.4) is 0 Å². The van der Waals surface area contributed by atoms with Gasteiger partial charge in [0.2, 0.25) is 0 Å². The second-order valence-corrected chi connectivity index (χ2v) is 18.2. The molecule has 0 spiro atoms. The minimum absolute atomic E-state index is 0.0259. The van der Waals surface area contributed by atoms with Gasteiger partial charge in [-0.25, -0.2) is 34.1 Å². The van der Waals surface area contributed by atoms with Gasteiger partial charge in [-0.15, -0.1) is 0 Å². The Morgan fingerprint density at radius 1 is 0.857 bits per heavy atom. The molecule has 3 amide bonds. The van der Waals surface area contributed by atoms with Gasteiger partial charge in [-0.2, -0.15) is 0 Å². The van der Waals surface area contributed by atoms with E-state index in [0.29, 0.717) is 24.1 Å². The van der Waals surface area contributed by atoms with E-state index in [0.717, 1.165) is 0 Å². The SMILES string of the molecule is CC(C)(CCN(CC[C@H](NC(=O)OC(C)(C)C)C(=O)O)C[C@H]1O[C@@H](n2cnc3c(NC(=O)OC(C)(C)C)ncnc32)[C@@H]2OC(C)(C)O[C@@H]21)NC(=O)OC(C)(C)C. The standard InChI is InChI=1S/C37H60N8O11/c1-33(2,3)54-30(48)41-21(29(46)47)14-16-44(17-15-36(10,11)43-32(50)56-35(7,8)9)18-22-24-25(53-37(12,13)52-24)28(51-22)45-20-40-23-26(38-19-39-27(23)45)42-31(49)55-34(4,5)6/h19-22,24-25,28H,14-18H2,1-13H3,(H,41,48)(H,43,50)(H,46,47)(H,38,39,42,49)/t21-,22+,24+,25+,28+/m0/s1. The van der Waals surface area contributed by atoms with Crippen LogP contribution in [0.5, 0.6) is 0 Å². The third kappa shape index (κ3) is 12.9. The molecule has 0 unspecified atom stereocenters. The summed E-state index contributed by atoms with van der Waals surface area (Å²) < 4.78 is 37.3. The van der Waals surface area contributed by atoms with E-state index < -0.39 is 83.0 Å². The van der Waals surface area contributed by atoms with Crippen LogP contribution in [0, 0.1) is 0 Å². The molecule has 2 aromatic heterocycles. The number of aliphatic carboxylic acids is 1. The zero-order chi connectivity index (χ0) is 42.0. The maximum Gasteiger partial charge on any atom is 0.413 e. The van der Waals surface area contributed by atoms with Crippen LogP contribution in [0.15, 0.2) is 12.7 Å². The summed E-state index contributed by atoms with van der Waals surface area (Å²) in [5.41, 5.74) is -2.29. The number of alkyl carbamates (subject to hydrolysis) is 2. The van der Waals surface area contributed by atoms with Gasteiger partial charge in [-0.1, -0.05) is 0 Å². The van der Waals surface area contributed by atoms with Crippen molar-refractivity contribution >= 4 is 41.2 Å². The Balaban J connectivity index is 1.59. The van der Waals surface area contributed by atoms with Crippen molar-refractivity contribution in [2.75, 3.05) is 25.0 Å². The van der Waals surface area contributed by atoms with Gasteiger partial charge >= 0.3 is 24.2 Å². The Bertz CT molecular complexity index is 1730. The molecule has 19 nitrogen and oxygen atoms in total. The Morgan fingerprint density at radius 3 is 2.05 bits per heavy atom. The average Bonchev–Trinajstić information content (AvgIpc) is 3.65.